The fraction of sp³-hybridized carbons (Fsp3) is 0.643. The predicted octanol–water partition coefficient (Wildman–Crippen LogP) is 1.76. The molecule has 0 aromatic carbocycles. The van der Waals surface area contributed by atoms with Crippen LogP contribution in [0.25, 0.3) is 0 Å². The van der Waals surface area contributed by atoms with Crippen LogP contribution >= 0.6 is 0 Å². The second-order valence-electron chi connectivity index (χ2n) is 6.00. The summed E-state index contributed by atoms with van der Waals surface area (Å²) in [4.78, 5) is 11.7. The Balaban J connectivity index is 2.17. The van der Waals surface area contributed by atoms with Crippen molar-refractivity contribution in [2.24, 2.45) is 11.1 Å². The van der Waals surface area contributed by atoms with Gasteiger partial charge in [0.15, 0.2) is 0 Å². The van der Waals surface area contributed by atoms with Crippen LogP contribution in [0.4, 0.5) is 0 Å². The standard InChI is InChI=1S/C14H25N3O/c1-14(2,3)11-12(15)10-13(18)16-6-9-17-7-4-5-8-17/h4-5,7-8,12H,6,9-11,15H2,1-3H3,(H,16,18). The van der Waals surface area contributed by atoms with Crippen LogP contribution in [-0.2, 0) is 11.3 Å². The van der Waals surface area contributed by atoms with Gasteiger partial charge in [0.05, 0.1) is 0 Å². The lowest BCUT2D eigenvalue weighted by Gasteiger charge is -2.22. The van der Waals surface area contributed by atoms with Crippen molar-refractivity contribution in [2.75, 3.05) is 6.54 Å². The van der Waals surface area contributed by atoms with E-state index in [-0.39, 0.29) is 17.4 Å². The van der Waals surface area contributed by atoms with Gasteiger partial charge in [-0.05, 0) is 24.0 Å². The van der Waals surface area contributed by atoms with E-state index in [1.54, 1.807) is 0 Å². The first-order valence-electron chi connectivity index (χ1n) is 6.50. The molecular formula is C14H25N3O. The maximum Gasteiger partial charge on any atom is 0.221 e. The van der Waals surface area contributed by atoms with Crippen molar-refractivity contribution in [1.82, 2.24) is 9.88 Å². The topological polar surface area (TPSA) is 60.1 Å². The number of amides is 1. The predicted molar refractivity (Wildman–Crippen MR) is 74.1 cm³/mol. The first-order chi connectivity index (χ1) is 8.37. The molecule has 4 nitrogen and oxygen atoms in total. The molecule has 1 aromatic heterocycles. The lowest BCUT2D eigenvalue weighted by molar-refractivity contribution is -0.121. The van der Waals surface area contributed by atoms with Gasteiger partial charge in [0.25, 0.3) is 0 Å². The minimum atomic E-state index is -0.0587. The normalized spacial score (nSPS) is 13.3. The smallest absolute Gasteiger partial charge is 0.221 e. The van der Waals surface area contributed by atoms with Gasteiger partial charge in [-0.15, -0.1) is 0 Å². The van der Waals surface area contributed by atoms with Crippen LogP contribution in [-0.4, -0.2) is 23.1 Å². The highest BCUT2D eigenvalue weighted by Gasteiger charge is 2.17. The van der Waals surface area contributed by atoms with Gasteiger partial charge < -0.3 is 15.6 Å². The number of rotatable bonds is 6. The largest absolute Gasteiger partial charge is 0.354 e. The summed E-state index contributed by atoms with van der Waals surface area (Å²) in [6.07, 6.45) is 5.23. The third-order valence-electron chi connectivity index (χ3n) is 2.68. The second-order valence-corrected chi connectivity index (χ2v) is 6.00. The molecule has 1 heterocycles. The highest BCUT2D eigenvalue weighted by Crippen LogP contribution is 2.20. The molecule has 0 spiro atoms. The summed E-state index contributed by atoms with van der Waals surface area (Å²) in [6, 6.07) is 3.89. The van der Waals surface area contributed by atoms with Gasteiger partial charge in [-0.1, -0.05) is 20.8 Å². The Labute approximate surface area is 110 Å². The van der Waals surface area contributed by atoms with Gasteiger partial charge >= 0.3 is 0 Å². The van der Waals surface area contributed by atoms with Gasteiger partial charge in [0.1, 0.15) is 0 Å². The highest BCUT2D eigenvalue weighted by molar-refractivity contribution is 5.76. The molecule has 0 aliphatic rings. The summed E-state index contributed by atoms with van der Waals surface area (Å²) in [6.45, 7) is 7.85. The third-order valence-corrected chi connectivity index (χ3v) is 2.68. The number of hydrogen-bond donors (Lipinski definition) is 2. The Hall–Kier alpha value is -1.29. The van der Waals surface area contributed by atoms with E-state index in [9.17, 15) is 4.79 Å². The Morgan fingerprint density at radius 3 is 2.50 bits per heavy atom. The SMILES string of the molecule is CC(C)(C)CC(N)CC(=O)NCCn1cccc1. The van der Waals surface area contributed by atoms with Gasteiger partial charge in [-0.3, -0.25) is 4.79 Å². The quantitative estimate of drug-likeness (QED) is 0.809. The van der Waals surface area contributed by atoms with E-state index in [0.29, 0.717) is 13.0 Å². The molecule has 1 aromatic rings. The second kappa shape index (κ2) is 6.59. The van der Waals surface area contributed by atoms with E-state index < -0.39 is 0 Å². The maximum atomic E-state index is 11.7. The summed E-state index contributed by atoms with van der Waals surface area (Å²) >= 11 is 0. The molecule has 0 fully saturated rings. The van der Waals surface area contributed by atoms with Gasteiger partial charge in [-0.25, -0.2) is 0 Å². The molecule has 102 valence electrons. The fourth-order valence-corrected chi connectivity index (χ4v) is 2.01. The number of nitrogens with zero attached hydrogens (tertiary/aromatic N) is 1. The number of hydrogen-bond acceptors (Lipinski definition) is 2. The minimum absolute atomic E-state index is 0.0407. The van der Waals surface area contributed by atoms with Gasteiger partial charge in [-0.2, -0.15) is 0 Å². The van der Waals surface area contributed by atoms with E-state index in [2.05, 4.69) is 26.1 Å². The van der Waals surface area contributed by atoms with Crippen LogP contribution < -0.4 is 11.1 Å². The summed E-state index contributed by atoms with van der Waals surface area (Å²) in [5, 5.41) is 2.90. The summed E-state index contributed by atoms with van der Waals surface area (Å²) < 4.78 is 2.04. The molecule has 3 N–H and O–H groups in total. The maximum absolute atomic E-state index is 11.7. The molecule has 1 atom stereocenters. The molecule has 0 aliphatic carbocycles. The summed E-state index contributed by atoms with van der Waals surface area (Å²) in [7, 11) is 0. The highest BCUT2D eigenvalue weighted by atomic mass is 16.1. The molecule has 1 unspecified atom stereocenters. The van der Waals surface area contributed by atoms with Crippen molar-refractivity contribution >= 4 is 5.91 Å². The van der Waals surface area contributed by atoms with Crippen LogP contribution in [0.1, 0.15) is 33.6 Å². The lowest BCUT2D eigenvalue weighted by atomic mass is 9.87. The van der Waals surface area contributed by atoms with Crippen molar-refractivity contribution in [2.45, 2.75) is 46.2 Å². The average Bonchev–Trinajstić information content (AvgIpc) is 2.66. The van der Waals surface area contributed by atoms with Crippen LogP contribution in [0.3, 0.4) is 0 Å². The van der Waals surface area contributed by atoms with Crippen molar-refractivity contribution < 1.29 is 4.79 Å². The fourth-order valence-electron chi connectivity index (χ4n) is 2.01. The molecule has 4 heteroatoms. The van der Waals surface area contributed by atoms with E-state index >= 15 is 0 Å². The molecule has 1 rings (SSSR count). The molecule has 0 bridgehead atoms. The Bertz CT molecular complexity index is 352. The van der Waals surface area contributed by atoms with Crippen molar-refractivity contribution in [3.63, 3.8) is 0 Å². The summed E-state index contributed by atoms with van der Waals surface area (Å²) in [5.41, 5.74) is 6.13. The molecule has 1 amide bonds. The van der Waals surface area contributed by atoms with Crippen LogP contribution in [0, 0.1) is 5.41 Å². The zero-order chi connectivity index (χ0) is 13.6. The monoisotopic (exact) mass is 251 g/mol. The van der Waals surface area contributed by atoms with Crippen molar-refractivity contribution in [3.8, 4) is 0 Å². The van der Waals surface area contributed by atoms with E-state index in [0.717, 1.165) is 13.0 Å². The van der Waals surface area contributed by atoms with Crippen molar-refractivity contribution in [1.29, 1.82) is 0 Å². The van der Waals surface area contributed by atoms with Crippen LogP contribution in [0.2, 0.25) is 0 Å². The molecule has 0 radical (unpaired) electrons. The number of carbonyl (C=O) groups excluding carboxylic acids is 1. The zero-order valence-electron chi connectivity index (χ0n) is 11.6. The molecule has 18 heavy (non-hydrogen) atoms. The number of nitrogens with one attached hydrogen (secondary N) is 1. The zero-order valence-corrected chi connectivity index (χ0v) is 11.6. The Kier molecular flexibility index (Phi) is 5.41. The van der Waals surface area contributed by atoms with Gasteiger partial charge in [0.2, 0.25) is 5.91 Å². The molecule has 0 saturated heterocycles. The average molecular weight is 251 g/mol. The molecule has 0 saturated carbocycles. The van der Waals surface area contributed by atoms with E-state index in [1.807, 2.05) is 29.1 Å². The van der Waals surface area contributed by atoms with E-state index in [4.69, 9.17) is 5.73 Å². The van der Waals surface area contributed by atoms with Crippen LogP contribution in [0.5, 0.6) is 0 Å². The lowest BCUT2D eigenvalue weighted by Crippen LogP contribution is -2.35. The number of carbonyl (C=O) groups is 1. The first-order valence-corrected chi connectivity index (χ1v) is 6.50. The molecule has 0 aliphatic heterocycles. The number of aromatic nitrogens is 1. The summed E-state index contributed by atoms with van der Waals surface area (Å²) in [5.74, 6) is 0.0407. The first kappa shape index (κ1) is 14.8. The minimum Gasteiger partial charge on any atom is -0.354 e. The third kappa shape index (κ3) is 6.45. The van der Waals surface area contributed by atoms with E-state index in [1.165, 1.54) is 0 Å². The Morgan fingerprint density at radius 1 is 1.33 bits per heavy atom. The Morgan fingerprint density at radius 2 is 1.94 bits per heavy atom. The van der Waals surface area contributed by atoms with Crippen LogP contribution in [0.15, 0.2) is 24.5 Å². The van der Waals surface area contributed by atoms with Crippen molar-refractivity contribution in [3.05, 3.63) is 24.5 Å². The molecular weight excluding hydrogens is 226 g/mol. The van der Waals surface area contributed by atoms with Gasteiger partial charge in [0, 0.05) is 37.9 Å². The number of nitrogens with two attached hydrogens (primary N) is 1.